The maximum atomic E-state index is 12.9. The number of hydrogen-bond donors (Lipinski definition) is 0. The monoisotopic (exact) mass is 395 g/mol. The maximum absolute atomic E-state index is 12.9. The number of aryl methyl sites for hydroxylation is 1. The van der Waals surface area contributed by atoms with Crippen LogP contribution in [-0.2, 0) is 20.7 Å². The van der Waals surface area contributed by atoms with Gasteiger partial charge in [0.2, 0.25) is 0 Å². The zero-order valence-corrected chi connectivity index (χ0v) is 16.5. The molecule has 4 rings (SSSR count). The van der Waals surface area contributed by atoms with Crippen molar-refractivity contribution in [1.82, 2.24) is 4.98 Å². The lowest BCUT2D eigenvalue weighted by Crippen LogP contribution is -2.42. The Morgan fingerprint density at radius 3 is 2.66 bits per heavy atom. The third kappa shape index (κ3) is 4.24. The molecule has 7 heteroatoms. The third-order valence-corrected chi connectivity index (χ3v) is 5.33. The number of fused-ring (bicyclic) bond motifs is 1. The van der Waals surface area contributed by atoms with Crippen molar-refractivity contribution < 1.29 is 19.1 Å². The lowest BCUT2D eigenvalue weighted by Gasteiger charge is -2.31. The number of rotatable bonds is 4. The molecule has 29 heavy (non-hydrogen) atoms. The summed E-state index contributed by atoms with van der Waals surface area (Å²) >= 11 is 0. The molecule has 0 bridgehead atoms. The summed E-state index contributed by atoms with van der Waals surface area (Å²) in [7, 11) is 0. The Bertz CT molecular complexity index is 878. The van der Waals surface area contributed by atoms with E-state index in [4.69, 9.17) is 9.47 Å². The Hall–Kier alpha value is -2.93. The van der Waals surface area contributed by atoms with Gasteiger partial charge in [-0.15, -0.1) is 0 Å². The Labute approximate surface area is 170 Å². The molecule has 2 aliphatic rings. The first kappa shape index (κ1) is 19.4. The number of anilines is 2. The molecule has 2 aromatic rings. The first-order chi connectivity index (χ1) is 14.1. The van der Waals surface area contributed by atoms with Gasteiger partial charge in [-0.2, -0.15) is 0 Å². The summed E-state index contributed by atoms with van der Waals surface area (Å²) in [5.41, 5.74) is 2.39. The first-order valence-corrected chi connectivity index (χ1v) is 10.0. The number of ether oxygens (including phenoxy) is 2. The fourth-order valence-corrected chi connectivity index (χ4v) is 3.75. The van der Waals surface area contributed by atoms with Crippen LogP contribution in [0.25, 0.3) is 0 Å². The van der Waals surface area contributed by atoms with Gasteiger partial charge in [-0.3, -0.25) is 4.79 Å². The van der Waals surface area contributed by atoms with Crippen LogP contribution in [0, 0.1) is 0 Å². The number of esters is 1. The van der Waals surface area contributed by atoms with Crippen molar-refractivity contribution in [3.63, 3.8) is 0 Å². The van der Waals surface area contributed by atoms with Crippen LogP contribution in [0.4, 0.5) is 11.5 Å². The molecule has 1 aromatic carbocycles. The number of aromatic nitrogens is 1. The number of amides is 1. The van der Waals surface area contributed by atoms with E-state index in [1.807, 2.05) is 24.3 Å². The molecule has 3 heterocycles. The Morgan fingerprint density at radius 2 is 1.90 bits per heavy atom. The molecule has 0 radical (unpaired) electrons. The molecule has 0 aliphatic carbocycles. The quantitative estimate of drug-likeness (QED) is 0.741. The molecule has 1 aromatic heterocycles. The highest BCUT2D eigenvalue weighted by Gasteiger charge is 2.28. The van der Waals surface area contributed by atoms with E-state index in [1.54, 1.807) is 24.0 Å². The molecule has 1 saturated heterocycles. The van der Waals surface area contributed by atoms with E-state index in [9.17, 15) is 9.59 Å². The van der Waals surface area contributed by atoms with Crippen LogP contribution >= 0.6 is 0 Å². The van der Waals surface area contributed by atoms with Crippen LogP contribution in [0.3, 0.4) is 0 Å². The molecular weight excluding hydrogens is 370 g/mol. The summed E-state index contributed by atoms with van der Waals surface area (Å²) in [6.07, 6.45) is 2.49. The number of nitrogens with zero attached hydrogens (tertiary/aromatic N) is 3. The largest absolute Gasteiger partial charge is 0.449 e. The van der Waals surface area contributed by atoms with Gasteiger partial charge in [0, 0.05) is 31.5 Å². The average Bonchev–Trinajstić information content (AvgIpc) is 2.79. The van der Waals surface area contributed by atoms with Crippen LogP contribution in [0.15, 0.2) is 42.6 Å². The predicted octanol–water partition coefficient (Wildman–Crippen LogP) is 2.44. The smallest absolute Gasteiger partial charge is 0.340 e. The van der Waals surface area contributed by atoms with Crippen molar-refractivity contribution in [1.29, 1.82) is 0 Å². The first-order valence-electron chi connectivity index (χ1n) is 10.0. The second-order valence-electron chi connectivity index (χ2n) is 7.27. The average molecular weight is 395 g/mol. The van der Waals surface area contributed by atoms with Gasteiger partial charge in [0.1, 0.15) is 5.82 Å². The van der Waals surface area contributed by atoms with Gasteiger partial charge >= 0.3 is 5.97 Å². The van der Waals surface area contributed by atoms with Crippen molar-refractivity contribution >= 4 is 23.4 Å². The van der Waals surface area contributed by atoms with Gasteiger partial charge in [0.05, 0.1) is 18.8 Å². The van der Waals surface area contributed by atoms with Crippen LogP contribution in [0.1, 0.15) is 29.3 Å². The minimum absolute atomic E-state index is 0.205. The zero-order chi connectivity index (χ0) is 20.2. The number of morpholine rings is 1. The second-order valence-corrected chi connectivity index (χ2v) is 7.27. The Balaban J connectivity index is 1.40. The Kier molecular flexibility index (Phi) is 5.76. The van der Waals surface area contributed by atoms with E-state index >= 15 is 0 Å². The van der Waals surface area contributed by atoms with E-state index in [1.165, 1.54) is 6.20 Å². The predicted molar refractivity (Wildman–Crippen MR) is 109 cm³/mol. The highest BCUT2D eigenvalue weighted by Crippen LogP contribution is 2.27. The van der Waals surface area contributed by atoms with Crippen molar-refractivity contribution in [2.24, 2.45) is 0 Å². The topological polar surface area (TPSA) is 72.0 Å². The molecular formula is C22H25N3O4. The molecule has 1 atom stereocenters. The molecule has 1 amide bonds. The Morgan fingerprint density at radius 1 is 1.10 bits per heavy atom. The molecule has 7 nitrogen and oxygen atoms in total. The summed E-state index contributed by atoms with van der Waals surface area (Å²) in [6.45, 7) is 5.15. The molecule has 0 spiro atoms. The summed E-state index contributed by atoms with van der Waals surface area (Å²) in [4.78, 5) is 33.6. The van der Waals surface area contributed by atoms with Gasteiger partial charge < -0.3 is 19.3 Å². The van der Waals surface area contributed by atoms with Crippen LogP contribution in [0.5, 0.6) is 0 Å². The molecule has 0 saturated carbocycles. The fraction of sp³-hybridized carbons (Fsp3) is 0.409. The number of carbonyl (C=O) groups excluding carboxylic acids is 2. The summed E-state index contributed by atoms with van der Waals surface area (Å²) < 4.78 is 10.8. The van der Waals surface area contributed by atoms with E-state index in [0.717, 1.165) is 43.0 Å². The molecule has 152 valence electrons. The lowest BCUT2D eigenvalue weighted by atomic mass is 10.0. The molecule has 0 N–H and O–H groups in total. The third-order valence-electron chi connectivity index (χ3n) is 5.33. The fourth-order valence-electron chi connectivity index (χ4n) is 3.75. The molecule has 0 unspecified atom stereocenters. The van der Waals surface area contributed by atoms with Gasteiger partial charge in [-0.25, -0.2) is 9.78 Å². The van der Waals surface area contributed by atoms with Crippen molar-refractivity contribution in [3.05, 3.63) is 53.7 Å². The SMILES string of the molecule is C[C@@H](OC(=O)c1ccc(N2CCOCC2)nc1)C(=O)N1CCCc2ccccc21. The number of hydrogen-bond acceptors (Lipinski definition) is 6. The summed E-state index contributed by atoms with van der Waals surface area (Å²) in [5.74, 6) is 0.0551. The van der Waals surface area contributed by atoms with Crippen molar-refractivity contribution in [2.75, 3.05) is 42.6 Å². The van der Waals surface area contributed by atoms with Gasteiger partial charge in [0.15, 0.2) is 6.10 Å². The van der Waals surface area contributed by atoms with E-state index in [0.29, 0.717) is 25.3 Å². The zero-order valence-electron chi connectivity index (χ0n) is 16.5. The maximum Gasteiger partial charge on any atom is 0.340 e. The standard InChI is InChI=1S/C22H25N3O4/c1-16(21(26)25-10-4-6-17-5-2-3-7-19(17)25)29-22(27)18-8-9-20(23-15-18)24-11-13-28-14-12-24/h2-3,5,7-9,15-16H,4,6,10-14H2,1H3/t16-/m1/s1. The van der Waals surface area contributed by atoms with E-state index in [2.05, 4.69) is 9.88 Å². The highest BCUT2D eigenvalue weighted by molar-refractivity contribution is 5.99. The second kappa shape index (κ2) is 8.61. The van der Waals surface area contributed by atoms with Crippen LogP contribution in [0.2, 0.25) is 0 Å². The number of carbonyl (C=O) groups is 2. The molecule has 1 fully saturated rings. The normalized spacial score (nSPS) is 17.4. The minimum atomic E-state index is -0.868. The highest BCUT2D eigenvalue weighted by atomic mass is 16.5. The van der Waals surface area contributed by atoms with E-state index in [-0.39, 0.29) is 5.91 Å². The minimum Gasteiger partial charge on any atom is -0.449 e. The van der Waals surface area contributed by atoms with Gasteiger partial charge in [0.25, 0.3) is 5.91 Å². The van der Waals surface area contributed by atoms with Gasteiger partial charge in [-0.1, -0.05) is 18.2 Å². The lowest BCUT2D eigenvalue weighted by molar-refractivity contribution is -0.126. The number of para-hydroxylation sites is 1. The number of benzene rings is 1. The number of pyridine rings is 1. The summed E-state index contributed by atoms with van der Waals surface area (Å²) in [5, 5.41) is 0. The van der Waals surface area contributed by atoms with E-state index < -0.39 is 12.1 Å². The van der Waals surface area contributed by atoms with Crippen LogP contribution in [-0.4, -0.2) is 55.8 Å². The van der Waals surface area contributed by atoms with Crippen molar-refractivity contribution in [3.8, 4) is 0 Å². The summed E-state index contributed by atoms with van der Waals surface area (Å²) in [6, 6.07) is 11.4. The van der Waals surface area contributed by atoms with Crippen LogP contribution < -0.4 is 9.80 Å². The molecule has 2 aliphatic heterocycles. The van der Waals surface area contributed by atoms with Gasteiger partial charge in [-0.05, 0) is 43.5 Å². The van der Waals surface area contributed by atoms with Crippen molar-refractivity contribution in [2.45, 2.75) is 25.9 Å².